The van der Waals surface area contributed by atoms with E-state index < -0.39 is 0 Å². The van der Waals surface area contributed by atoms with E-state index in [0.717, 1.165) is 6.42 Å². The third-order valence-electron chi connectivity index (χ3n) is 4.99. The lowest BCUT2D eigenvalue weighted by molar-refractivity contribution is -0.142. The second-order valence-electron chi connectivity index (χ2n) is 6.44. The molecule has 1 aromatic rings. The Kier molecular flexibility index (Phi) is 5.14. The van der Waals surface area contributed by atoms with E-state index in [0.29, 0.717) is 38.1 Å². The maximum Gasteiger partial charge on any atom is 0.227 e. The van der Waals surface area contributed by atoms with Crippen molar-refractivity contribution in [3.8, 4) is 0 Å². The zero-order valence-electron chi connectivity index (χ0n) is 13.9. The van der Waals surface area contributed by atoms with Gasteiger partial charge in [-0.15, -0.1) is 0 Å². The molecule has 0 unspecified atom stereocenters. The number of halogens is 1. The lowest BCUT2D eigenvalue weighted by Gasteiger charge is -2.39. The van der Waals surface area contributed by atoms with Gasteiger partial charge in [0.15, 0.2) is 0 Å². The van der Waals surface area contributed by atoms with Crippen molar-refractivity contribution in [3.05, 3.63) is 35.6 Å². The Balaban J connectivity index is 1.67. The number of hydrogen-bond acceptors (Lipinski definition) is 3. The maximum atomic E-state index is 13.3. The molecular formula is C18H23FN2O3. The highest BCUT2D eigenvalue weighted by Gasteiger charge is 2.44. The topological polar surface area (TPSA) is 49.9 Å². The van der Waals surface area contributed by atoms with Crippen molar-refractivity contribution < 1.29 is 18.7 Å². The minimum Gasteiger partial charge on any atom is -0.383 e. The van der Waals surface area contributed by atoms with Gasteiger partial charge < -0.3 is 14.5 Å². The number of piperidine rings is 1. The van der Waals surface area contributed by atoms with Crippen molar-refractivity contribution in [1.82, 2.24) is 9.80 Å². The van der Waals surface area contributed by atoms with Gasteiger partial charge in [0, 0.05) is 26.6 Å². The van der Waals surface area contributed by atoms with E-state index in [9.17, 15) is 14.0 Å². The average Bonchev–Trinajstić information content (AvgIpc) is 2.98. The van der Waals surface area contributed by atoms with Crippen LogP contribution in [0.4, 0.5) is 4.39 Å². The van der Waals surface area contributed by atoms with Gasteiger partial charge in [-0.2, -0.15) is 0 Å². The number of fused-ring (bicyclic) bond motifs is 1. The molecule has 6 heteroatoms. The number of hydrogen-bond donors (Lipinski definition) is 0. The van der Waals surface area contributed by atoms with E-state index in [-0.39, 0.29) is 36.1 Å². The molecule has 2 heterocycles. The summed E-state index contributed by atoms with van der Waals surface area (Å²) in [5, 5.41) is 0. The Labute approximate surface area is 141 Å². The zero-order chi connectivity index (χ0) is 17.1. The third kappa shape index (κ3) is 3.43. The Morgan fingerprint density at radius 2 is 2.17 bits per heavy atom. The van der Waals surface area contributed by atoms with Crippen LogP contribution in [0.3, 0.4) is 0 Å². The normalized spacial score (nSPS) is 23.5. The number of methoxy groups -OCH3 is 1. The van der Waals surface area contributed by atoms with E-state index in [2.05, 4.69) is 0 Å². The highest BCUT2D eigenvalue weighted by molar-refractivity contribution is 5.81. The van der Waals surface area contributed by atoms with Crippen LogP contribution < -0.4 is 0 Å². The van der Waals surface area contributed by atoms with Gasteiger partial charge in [0.05, 0.1) is 25.1 Å². The third-order valence-corrected chi connectivity index (χ3v) is 4.99. The minimum absolute atomic E-state index is 0.00846. The number of benzene rings is 1. The van der Waals surface area contributed by atoms with Crippen LogP contribution in [0, 0.1) is 5.82 Å². The number of amides is 2. The molecule has 130 valence electrons. The molecule has 1 aromatic carbocycles. The quantitative estimate of drug-likeness (QED) is 0.822. The first-order valence-corrected chi connectivity index (χ1v) is 8.42. The molecule has 5 nitrogen and oxygen atoms in total. The van der Waals surface area contributed by atoms with Crippen molar-refractivity contribution in [3.63, 3.8) is 0 Å². The summed E-state index contributed by atoms with van der Waals surface area (Å²) in [6.07, 6.45) is 2.18. The maximum absolute atomic E-state index is 13.3. The van der Waals surface area contributed by atoms with Crippen LogP contribution in [0.5, 0.6) is 0 Å². The molecule has 2 fully saturated rings. The van der Waals surface area contributed by atoms with Gasteiger partial charge in [0.25, 0.3) is 0 Å². The molecule has 0 N–H and O–H groups in total. The first kappa shape index (κ1) is 16.9. The van der Waals surface area contributed by atoms with E-state index in [1.54, 1.807) is 19.2 Å². The monoisotopic (exact) mass is 334 g/mol. The summed E-state index contributed by atoms with van der Waals surface area (Å²) in [7, 11) is 1.62. The summed E-state index contributed by atoms with van der Waals surface area (Å²) in [6, 6.07) is 6.32. The van der Waals surface area contributed by atoms with Gasteiger partial charge in [-0.3, -0.25) is 9.59 Å². The molecular weight excluding hydrogens is 311 g/mol. The smallest absolute Gasteiger partial charge is 0.227 e. The number of carbonyl (C=O) groups excluding carboxylic acids is 2. The Morgan fingerprint density at radius 3 is 2.92 bits per heavy atom. The summed E-state index contributed by atoms with van der Waals surface area (Å²) in [4.78, 5) is 28.6. The standard InChI is InChI=1S/C18H23FN2O3/c1-24-10-9-21-16-7-8-20(15(16)5-6-17(21)22)18(23)12-13-3-2-4-14(19)11-13/h2-4,11,15-16H,5-10,12H2,1H3/t15-,16-/m1/s1. The summed E-state index contributed by atoms with van der Waals surface area (Å²) in [5.41, 5.74) is 0.687. The molecule has 24 heavy (non-hydrogen) atoms. The second-order valence-corrected chi connectivity index (χ2v) is 6.44. The highest BCUT2D eigenvalue weighted by atomic mass is 19.1. The van der Waals surface area contributed by atoms with Crippen LogP contribution in [0.2, 0.25) is 0 Å². The number of nitrogens with zero attached hydrogens (tertiary/aromatic N) is 2. The molecule has 2 aliphatic heterocycles. The predicted molar refractivity (Wildman–Crippen MR) is 86.8 cm³/mol. The highest BCUT2D eigenvalue weighted by Crippen LogP contribution is 2.31. The van der Waals surface area contributed by atoms with Crippen molar-refractivity contribution >= 4 is 11.8 Å². The number of rotatable bonds is 5. The number of carbonyl (C=O) groups is 2. The Morgan fingerprint density at radius 1 is 1.33 bits per heavy atom. The van der Waals surface area contributed by atoms with Crippen LogP contribution >= 0.6 is 0 Å². The van der Waals surface area contributed by atoms with Gasteiger partial charge in [0.2, 0.25) is 11.8 Å². The molecule has 0 bridgehead atoms. The van der Waals surface area contributed by atoms with Crippen molar-refractivity contribution in [2.45, 2.75) is 37.8 Å². The zero-order valence-corrected chi connectivity index (χ0v) is 13.9. The molecule has 2 amide bonds. The SMILES string of the molecule is COCCN1C(=O)CC[C@@H]2[C@H]1CCN2C(=O)Cc1cccc(F)c1. The number of ether oxygens (including phenoxy) is 1. The van der Waals surface area contributed by atoms with Gasteiger partial charge in [-0.25, -0.2) is 4.39 Å². The van der Waals surface area contributed by atoms with Gasteiger partial charge in [-0.1, -0.05) is 12.1 Å². The van der Waals surface area contributed by atoms with E-state index in [4.69, 9.17) is 4.74 Å². The largest absolute Gasteiger partial charge is 0.383 e. The van der Waals surface area contributed by atoms with Crippen LogP contribution in [-0.4, -0.2) is 60.5 Å². The van der Waals surface area contributed by atoms with Crippen molar-refractivity contribution in [2.24, 2.45) is 0 Å². The van der Waals surface area contributed by atoms with Crippen LogP contribution in [0.25, 0.3) is 0 Å². The summed E-state index contributed by atoms with van der Waals surface area (Å²) < 4.78 is 18.4. The van der Waals surface area contributed by atoms with Crippen molar-refractivity contribution in [1.29, 1.82) is 0 Å². The van der Waals surface area contributed by atoms with E-state index >= 15 is 0 Å². The van der Waals surface area contributed by atoms with Crippen LogP contribution in [0.15, 0.2) is 24.3 Å². The summed E-state index contributed by atoms with van der Waals surface area (Å²) >= 11 is 0. The molecule has 3 rings (SSSR count). The summed E-state index contributed by atoms with van der Waals surface area (Å²) in [6.45, 7) is 1.73. The number of likely N-dealkylation sites (tertiary alicyclic amines) is 2. The van der Waals surface area contributed by atoms with Crippen molar-refractivity contribution in [2.75, 3.05) is 26.8 Å². The van der Waals surface area contributed by atoms with Crippen LogP contribution in [0.1, 0.15) is 24.8 Å². The molecule has 0 radical (unpaired) electrons. The van der Waals surface area contributed by atoms with Gasteiger partial charge in [-0.05, 0) is 30.5 Å². The first-order chi connectivity index (χ1) is 11.6. The fourth-order valence-corrected chi connectivity index (χ4v) is 3.86. The molecule has 2 aliphatic rings. The van der Waals surface area contributed by atoms with E-state index in [1.807, 2.05) is 9.80 Å². The lowest BCUT2D eigenvalue weighted by Crippen LogP contribution is -2.54. The van der Waals surface area contributed by atoms with Crippen LogP contribution in [-0.2, 0) is 20.7 Å². The molecule has 0 saturated carbocycles. The molecule has 2 atom stereocenters. The fourth-order valence-electron chi connectivity index (χ4n) is 3.86. The second kappa shape index (κ2) is 7.30. The molecule has 2 saturated heterocycles. The van der Waals surface area contributed by atoms with Gasteiger partial charge >= 0.3 is 0 Å². The van der Waals surface area contributed by atoms with Gasteiger partial charge in [0.1, 0.15) is 5.82 Å². The Bertz CT molecular complexity index is 622. The van der Waals surface area contributed by atoms with E-state index in [1.165, 1.54) is 12.1 Å². The minimum atomic E-state index is -0.325. The Hall–Kier alpha value is -1.95. The summed E-state index contributed by atoms with van der Waals surface area (Å²) in [5.74, 6) is -0.171. The molecule has 0 spiro atoms. The first-order valence-electron chi connectivity index (χ1n) is 8.42. The average molecular weight is 334 g/mol. The lowest BCUT2D eigenvalue weighted by atomic mass is 9.96. The molecule has 0 aliphatic carbocycles. The fraction of sp³-hybridized carbons (Fsp3) is 0.556. The molecule has 0 aromatic heterocycles. The predicted octanol–water partition coefficient (Wildman–Crippen LogP) is 1.61.